The predicted molar refractivity (Wildman–Crippen MR) is 71.1 cm³/mol. The summed E-state index contributed by atoms with van der Waals surface area (Å²) in [6.45, 7) is 1.12. The fourth-order valence-corrected chi connectivity index (χ4v) is 3.03. The van der Waals surface area contributed by atoms with Crippen molar-refractivity contribution in [3.05, 3.63) is 34.6 Å². The number of nitriles is 1. The molecule has 1 aliphatic carbocycles. The Kier molecular flexibility index (Phi) is 3.07. The molecule has 0 aromatic carbocycles. The molecule has 1 fully saturated rings. The maximum Gasteiger partial charge on any atom is 0.146 e. The van der Waals surface area contributed by atoms with E-state index >= 15 is 0 Å². The molecule has 4 heteroatoms. The van der Waals surface area contributed by atoms with Crippen LogP contribution in [-0.2, 0) is 0 Å². The summed E-state index contributed by atoms with van der Waals surface area (Å²) in [6.07, 6.45) is 7.63. The molecule has 1 aromatic rings. The molecule has 3 nitrogen and oxygen atoms in total. The van der Waals surface area contributed by atoms with E-state index in [-0.39, 0.29) is 5.15 Å². The lowest BCUT2D eigenvalue weighted by atomic mass is 9.94. The summed E-state index contributed by atoms with van der Waals surface area (Å²) in [5.74, 6) is 0.634. The summed E-state index contributed by atoms with van der Waals surface area (Å²) < 4.78 is 0. The van der Waals surface area contributed by atoms with Gasteiger partial charge in [-0.2, -0.15) is 5.26 Å². The zero-order valence-corrected chi connectivity index (χ0v) is 10.7. The monoisotopic (exact) mass is 259 g/mol. The van der Waals surface area contributed by atoms with Crippen LogP contribution in [0.2, 0.25) is 5.15 Å². The summed E-state index contributed by atoms with van der Waals surface area (Å²) in [6, 6.07) is 4.50. The Hall–Kier alpha value is -1.37. The maximum atomic E-state index is 8.99. The Morgan fingerprint density at radius 1 is 1.50 bits per heavy atom. The van der Waals surface area contributed by atoms with Crippen molar-refractivity contribution in [1.29, 1.82) is 5.26 Å². The second-order valence-corrected chi connectivity index (χ2v) is 5.29. The van der Waals surface area contributed by atoms with Crippen molar-refractivity contribution in [3.8, 4) is 6.07 Å². The predicted octanol–water partition coefficient (Wildman–Crippen LogP) is 2.76. The van der Waals surface area contributed by atoms with Gasteiger partial charge in [-0.25, -0.2) is 4.98 Å². The smallest absolute Gasteiger partial charge is 0.146 e. The second-order valence-electron chi connectivity index (χ2n) is 4.94. The van der Waals surface area contributed by atoms with Crippen molar-refractivity contribution in [3.63, 3.8) is 0 Å². The molecule has 1 aromatic heterocycles. The van der Waals surface area contributed by atoms with Crippen LogP contribution in [0.15, 0.2) is 18.3 Å². The Bertz CT molecular complexity index is 544. The fourth-order valence-electron chi connectivity index (χ4n) is 2.88. The normalized spacial score (nSPS) is 26.3. The minimum absolute atomic E-state index is 0.287. The molecule has 18 heavy (non-hydrogen) atoms. The lowest BCUT2D eigenvalue weighted by Gasteiger charge is -2.25. The Morgan fingerprint density at radius 3 is 3.17 bits per heavy atom. The molecule has 1 aliphatic heterocycles. The minimum atomic E-state index is 0.287. The van der Waals surface area contributed by atoms with Crippen molar-refractivity contribution in [2.45, 2.75) is 25.3 Å². The highest BCUT2D eigenvalue weighted by atomic mass is 35.5. The van der Waals surface area contributed by atoms with Crippen LogP contribution in [0.5, 0.6) is 0 Å². The van der Waals surface area contributed by atoms with Crippen LogP contribution in [0.25, 0.3) is 5.57 Å². The molecule has 92 valence electrons. The zero-order valence-electron chi connectivity index (χ0n) is 9.99. The van der Waals surface area contributed by atoms with Crippen molar-refractivity contribution in [2.24, 2.45) is 5.92 Å². The van der Waals surface area contributed by atoms with Gasteiger partial charge in [-0.1, -0.05) is 17.7 Å². The third-order valence-corrected chi connectivity index (χ3v) is 4.12. The first-order valence-electron chi connectivity index (χ1n) is 6.28. The zero-order chi connectivity index (χ0) is 12.5. The first-order valence-corrected chi connectivity index (χ1v) is 6.66. The van der Waals surface area contributed by atoms with Crippen LogP contribution in [0, 0.1) is 17.2 Å². The molecular formula is C14H14ClN3. The minimum Gasteiger partial charge on any atom is -0.313 e. The van der Waals surface area contributed by atoms with Crippen molar-refractivity contribution in [2.75, 3.05) is 6.54 Å². The first kappa shape index (κ1) is 11.7. The Morgan fingerprint density at radius 2 is 2.39 bits per heavy atom. The molecule has 0 bridgehead atoms. The summed E-state index contributed by atoms with van der Waals surface area (Å²) in [7, 11) is 0. The van der Waals surface area contributed by atoms with Gasteiger partial charge in [0.2, 0.25) is 0 Å². The number of nitrogens with one attached hydrogen (secondary N) is 1. The molecule has 2 heterocycles. The van der Waals surface area contributed by atoms with E-state index in [1.165, 1.54) is 18.4 Å². The van der Waals surface area contributed by atoms with Gasteiger partial charge < -0.3 is 5.32 Å². The van der Waals surface area contributed by atoms with Crippen LogP contribution in [0.4, 0.5) is 0 Å². The Balaban J connectivity index is 1.90. The number of piperidine rings is 1. The number of nitrogens with zero attached hydrogens (tertiary/aromatic N) is 2. The van der Waals surface area contributed by atoms with Crippen LogP contribution in [0.1, 0.15) is 30.4 Å². The number of hydrogen-bond donors (Lipinski definition) is 1. The highest BCUT2D eigenvalue weighted by Crippen LogP contribution is 2.36. The van der Waals surface area contributed by atoms with Gasteiger partial charge in [-0.05, 0) is 48.9 Å². The molecular weight excluding hydrogens is 246 g/mol. The highest BCUT2D eigenvalue weighted by Gasteiger charge is 2.30. The number of rotatable bonds is 1. The lowest BCUT2D eigenvalue weighted by molar-refractivity contribution is 0.348. The molecule has 1 N–H and O–H groups in total. The third-order valence-electron chi connectivity index (χ3n) is 3.82. The van der Waals surface area contributed by atoms with Crippen LogP contribution in [-0.4, -0.2) is 17.6 Å². The molecule has 1 saturated heterocycles. The molecule has 0 radical (unpaired) electrons. The summed E-state index contributed by atoms with van der Waals surface area (Å²) in [5.41, 5.74) is 2.78. The van der Waals surface area contributed by atoms with Gasteiger partial charge in [0.15, 0.2) is 0 Å². The number of hydrogen-bond acceptors (Lipinski definition) is 3. The van der Waals surface area contributed by atoms with Gasteiger partial charge in [0.25, 0.3) is 0 Å². The number of aromatic nitrogens is 1. The van der Waals surface area contributed by atoms with E-state index in [0.29, 0.717) is 17.5 Å². The summed E-state index contributed by atoms with van der Waals surface area (Å²) in [5, 5.41) is 12.8. The van der Waals surface area contributed by atoms with Gasteiger partial charge >= 0.3 is 0 Å². The van der Waals surface area contributed by atoms with Gasteiger partial charge in [0, 0.05) is 12.2 Å². The van der Waals surface area contributed by atoms with Crippen molar-refractivity contribution in [1.82, 2.24) is 10.3 Å². The van der Waals surface area contributed by atoms with E-state index in [4.69, 9.17) is 16.9 Å². The summed E-state index contributed by atoms with van der Waals surface area (Å²) in [4.78, 5) is 4.09. The van der Waals surface area contributed by atoms with Gasteiger partial charge in [-0.15, -0.1) is 0 Å². The van der Waals surface area contributed by atoms with Gasteiger partial charge in [-0.3, -0.25) is 0 Å². The van der Waals surface area contributed by atoms with E-state index in [2.05, 4.69) is 22.4 Å². The average Bonchev–Trinajstić information content (AvgIpc) is 2.83. The third kappa shape index (κ3) is 2.03. The van der Waals surface area contributed by atoms with E-state index in [0.717, 1.165) is 18.5 Å². The molecule has 0 amide bonds. The molecule has 2 aliphatic rings. The van der Waals surface area contributed by atoms with Crippen molar-refractivity contribution >= 4 is 17.2 Å². The van der Waals surface area contributed by atoms with Crippen molar-refractivity contribution < 1.29 is 0 Å². The van der Waals surface area contributed by atoms with Crippen LogP contribution < -0.4 is 5.32 Å². The first-order chi connectivity index (χ1) is 8.78. The largest absolute Gasteiger partial charge is 0.313 e. The number of fused-ring (bicyclic) bond motifs is 1. The van der Waals surface area contributed by atoms with Crippen LogP contribution >= 0.6 is 11.6 Å². The van der Waals surface area contributed by atoms with Crippen LogP contribution in [0.3, 0.4) is 0 Å². The fraction of sp³-hybridized carbons (Fsp3) is 0.429. The Labute approximate surface area is 111 Å². The second kappa shape index (κ2) is 4.72. The molecule has 2 atom stereocenters. The van der Waals surface area contributed by atoms with Gasteiger partial charge in [0.1, 0.15) is 11.2 Å². The highest BCUT2D eigenvalue weighted by molar-refractivity contribution is 6.30. The number of pyridine rings is 1. The maximum absolute atomic E-state index is 8.99. The number of halogens is 1. The summed E-state index contributed by atoms with van der Waals surface area (Å²) >= 11 is 5.86. The quantitative estimate of drug-likeness (QED) is 0.789. The van der Waals surface area contributed by atoms with E-state index < -0.39 is 0 Å². The standard InChI is InChI=1S/C14H14ClN3/c15-14-11(7-16)5-12(8-18-14)10-4-9-2-1-3-17-13(9)6-10/h4-5,8-9,13,17H,1-3,6H2/t9-,13+/m1/s1. The van der Waals surface area contributed by atoms with E-state index in [9.17, 15) is 0 Å². The topological polar surface area (TPSA) is 48.7 Å². The van der Waals surface area contributed by atoms with E-state index in [1.807, 2.05) is 6.07 Å². The lowest BCUT2D eigenvalue weighted by Crippen LogP contribution is -2.37. The average molecular weight is 260 g/mol. The molecule has 0 saturated carbocycles. The van der Waals surface area contributed by atoms with E-state index in [1.54, 1.807) is 6.20 Å². The molecule has 0 unspecified atom stereocenters. The molecule has 0 spiro atoms. The van der Waals surface area contributed by atoms with Gasteiger partial charge in [0.05, 0.1) is 5.56 Å². The SMILES string of the molecule is N#Cc1cc(C2=C[C@H]3CCCN[C@H]3C2)cnc1Cl. The molecule has 3 rings (SSSR count).